The fourth-order valence-electron chi connectivity index (χ4n) is 2.42. The Hall–Kier alpha value is -0.490. The van der Waals surface area contributed by atoms with Gasteiger partial charge in [0.2, 0.25) is 0 Å². The quantitative estimate of drug-likeness (QED) is 0.897. The van der Waals surface area contributed by atoms with Gasteiger partial charge in [0.1, 0.15) is 11.1 Å². The average molecular weight is 281 g/mol. The van der Waals surface area contributed by atoms with Crippen molar-refractivity contribution in [2.45, 2.75) is 45.4 Å². The summed E-state index contributed by atoms with van der Waals surface area (Å²) in [4.78, 5) is 8.54. The van der Waals surface area contributed by atoms with Crippen molar-refractivity contribution in [2.24, 2.45) is 0 Å². The van der Waals surface area contributed by atoms with Crippen LogP contribution in [0.1, 0.15) is 41.4 Å². The Morgan fingerprint density at radius 3 is 3.05 bits per heavy atom. The zero-order chi connectivity index (χ0) is 13.2. The van der Waals surface area contributed by atoms with Gasteiger partial charge in [-0.05, 0) is 26.3 Å². The third-order valence-corrected chi connectivity index (χ3v) is 5.16. The Labute approximate surface area is 119 Å². The predicted molar refractivity (Wildman–Crippen MR) is 77.5 cm³/mol. The first-order chi connectivity index (χ1) is 9.26. The van der Waals surface area contributed by atoms with Crippen LogP contribution in [0.2, 0.25) is 0 Å². The van der Waals surface area contributed by atoms with E-state index in [0.717, 1.165) is 43.8 Å². The molecule has 2 fully saturated rings. The van der Waals surface area contributed by atoms with Crippen molar-refractivity contribution >= 4 is 11.3 Å². The molecule has 1 saturated heterocycles. The predicted octanol–water partition coefficient (Wildman–Crippen LogP) is 2.10. The molecule has 1 aromatic rings. The highest BCUT2D eigenvalue weighted by molar-refractivity contribution is 7.11. The van der Waals surface area contributed by atoms with Gasteiger partial charge in [0.25, 0.3) is 0 Å². The van der Waals surface area contributed by atoms with Gasteiger partial charge < -0.3 is 10.1 Å². The van der Waals surface area contributed by atoms with E-state index in [1.165, 1.54) is 23.4 Å². The number of rotatable bonds is 5. The van der Waals surface area contributed by atoms with E-state index in [-0.39, 0.29) is 6.10 Å². The summed E-state index contributed by atoms with van der Waals surface area (Å²) in [7, 11) is 0. The van der Waals surface area contributed by atoms with Crippen molar-refractivity contribution in [2.75, 3.05) is 26.2 Å². The van der Waals surface area contributed by atoms with Crippen LogP contribution in [0.15, 0.2) is 0 Å². The molecule has 2 aliphatic rings. The number of morpholine rings is 1. The maximum Gasteiger partial charge on any atom is 0.123 e. The van der Waals surface area contributed by atoms with Crippen molar-refractivity contribution in [3.05, 3.63) is 15.6 Å². The van der Waals surface area contributed by atoms with E-state index in [9.17, 15) is 0 Å². The molecule has 1 atom stereocenters. The minimum absolute atomic E-state index is 0.173. The van der Waals surface area contributed by atoms with E-state index in [1.54, 1.807) is 0 Å². The zero-order valence-corrected chi connectivity index (χ0v) is 12.6. The highest BCUT2D eigenvalue weighted by atomic mass is 32.1. The number of hydrogen-bond donors (Lipinski definition) is 1. The van der Waals surface area contributed by atoms with Gasteiger partial charge in [0.15, 0.2) is 0 Å². The number of nitrogens with zero attached hydrogens (tertiary/aromatic N) is 2. The van der Waals surface area contributed by atoms with Crippen LogP contribution in [0.5, 0.6) is 0 Å². The molecule has 1 aliphatic carbocycles. The molecule has 2 heterocycles. The molecule has 1 N–H and O–H groups in total. The Morgan fingerprint density at radius 1 is 1.47 bits per heavy atom. The number of hydrogen-bond acceptors (Lipinski definition) is 5. The van der Waals surface area contributed by atoms with E-state index >= 15 is 0 Å². The third kappa shape index (κ3) is 3.34. The second-order valence-electron chi connectivity index (χ2n) is 5.47. The first-order valence-electron chi connectivity index (χ1n) is 7.29. The van der Waals surface area contributed by atoms with Crippen molar-refractivity contribution in [3.63, 3.8) is 0 Å². The van der Waals surface area contributed by atoms with Crippen molar-refractivity contribution in [1.29, 1.82) is 0 Å². The minimum Gasteiger partial charge on any atom is -0.368 e. The maximum atomic E-state index is 5.89. The van der Waals surface area contributed by atoms with E-state index in [0.29, 0.717) is 0 Å². The largest absolute Gasteiger partial charge is 0.368 e. The van der Waals surface area contributed by atoms with Crippen molar-refractivity contribution in [1.82, 2.24) is 15.2 Å². The summed E-state index contributed by atoms with van der Waals surface area (Å²) in [5.74, 6) is 0. The van der Waals surface area contributed by atoms with Crippen LogP contribution in [0, 0.1) is 6.92 Å². The molecule has 1 unspecified atom stereocenters. The van der Waals surface area contributed by atoms with Crippen LogP contribution in [0.4, 0.5) is 0 Å². The zero-order valence-electron chi connectivity index (χ0n) is 11.8. The molecule has 106 valence electrons. The number of likely N-dealkylation sites (N-methyl/N-ethyl adjacent to an activating group) is 1. The van der Waals surface area contributed by atoms with E-state index in [2.05, 4.69) is 24.1 Å². The van der Waals surface area contributed by atoms with Gasteiger partial charge in [0.05, 0.1) is 12.3 Å². The summed E-state index contributed by atoms with van der Waals surface area (Å²) in [6.45, 7) is 9.25. The van der Waals surface area contributed by atoms with Crippen LogP contribution in [0.25, 0.3) is 0 Å². The fraction of sp³-hybridized carbons (Fsp3) is 0.786. The van der Waals surface area contributed by atoms with E-state index in [1.807, 2.05) is 11.3 Å². The average Bonchev–Trinajstić information content (AvgIpc) is 3.19. The molecular formula is C14H23N3OS. The molecule has 0 bridgehead atoms. The van der Waals surface area contributed by atoms with Gasteiger partial charge >= 0.3 is 0 Å². The summed E-state index contributed by atoms with van der Waals surface area (Å²) in [6.07, 6.45) is 2.84. The lowest BCUT2D eigenvalue weighted by Crippen LogP contribution is -2.38. The Morgan fingerprint density at radius 2 is 2.32 bits per heavy atom. The highest BCUT2D eigenvalue weighted by Gasteiger charge is 2.25. The number of aryl methyl sites for hydroxylation is 1. The number of ether oxygens (including phenoxy) is 1. The molecule has 1 saturated carbocycles. The second kappa shape index (κ2) is 5.87. The molecule has 3 rings (SSSR count). The highest BCUT2D eigenvalue weighted by Crippen LogP contribution is 2.29. The van der Waals surface area contributed by atoms with E-state index < -0.39 is 0 Å². The lowest BCUT2D eigenvalue weighted by Gasteiger charge is -2.30. The van der Waals surface area contributed by atoms with Crippen LogP contribution >= 0.6 is 11.3 Å². The van der Waals surface area contributed by atoms with Gasteiger partial charge in [-0.25, -0.2) is 4.98 Å². The maximum absolute atomic E-state index is 5.89. The molecular weight excluding hydrogens is 258 g/mol. The normalized spacial score (nSPS) is 24.8. The SMILES string of the molecule is CCN1CCOC(c2nc(C)c(CNC3CC3)s2)C1. The second-order valence-corrected chi connectivity index (χ2v) is 6.58. The van der Waals surface area contributed by atoms with Gasteiger partial charge in [-0.15, -0.1) is 11.3 Å². The molecule has 0 radical (unpaired) electrons. The standard InChI is InChI=1S/C14H23N3OS/c1-3-17-6-7-18-12(9-17)14-16-10(2)13(19-14)8-15-11-4-5-11/h11-12,15H,3-9H2,1-2H3. The van der Waals surface area contributed by atoms with Crippen LogP contribution < -0.4 is 5.32 Å². The summed E-state index contributed by atoms with van der Waals surface area (Å²) < 4.78 is 5.89. The summed E-state index contributed by atoms with van der Waals surface area (Å²) >= 11 is 1.82. The lowest BCUT2D eigenvalue weighted by atomic mass is 10.3. The van der Waals surface area contributed by atoms with Crippen LogP contribution in [0.3, 0.4) is 0 Å². The first-order valence-corrected chi connectivity index (χ1v) is 8.11. The molecule has 0 spiro atoms. The van der Waals surface area contributed by atoms with Crippen LogP contribution in [-0.4, -0.2) is 42.2 Å². The van der Waals surface area contributed by atoms with Crippen molar-refractivity contribution < 1.29 is 4.74 Å². The molecule has 19 heavy (non-hydrogen) atoms. The number of nitrogens with one attached hydrogen (secondary N) is 1. The Kier molecular flexibility index (Phi) is 4.17. The summed E-state index contributed by atoms with van der Waals surface area (Å²) in [5, 5.41) is 4.72. The monoisotopic (exact) mass is 281 g/mol. The molecule has 0 aromatic carbocycles. The summed E-state index contributed by atoms with van der Waals surface area (Å²) in [6, 6.07) is 0.756. The van der Waals surface area contributed by atoms with Gasteiger partial charge in [-0.1, -0.05) is 6.92 Å². The smallest absolute Gasteiger partial charge is 0.123 e. The minimum atomic E-state index is 0.173. The van der Waals surface area contributed by atoms with Gasteiger partial charge in [-0.2, -0.15) is 0 Å². The Balaban J connectivity index is 1.64. The van der Waals surface area contributed by atoms with Crippen molar-refractivity contribution in [3.8, 4) is 0 Å². The summed E-state index contributed by atoms with van der Waals surface area (Å²) in [5.41, 5.74) is 1.17. The van der Waals surface area contributed by atoms with Crippen LogP contribution in [-0.2, 0) is 11.3 Å². The number of aromatic nitrogens is 1. The molecule has 4 nitrogen and oxygen atoms in total. The fourth-order valence-corrected chi connectivity index (χ4v) is 3.47. The number of thiazole rings is 1. The molecule has 1 aliphatic heterocycles. The molecule has 5 heteroatoms. The molecule has 1 aromatic heterocycles. The van der Waals surface area contributed by atoms with Gasteiger partial charge in [-0.3, -0.25) is 4.90 Å². The lowest BCUT2D eigenvalue weighted by molar-refractivity contribution is -0.0282. The Bertz CT molecular complexity index is 430. The first kappa shape index (κ1) is 13.5. The van der Waals surface area contributed by atoms with Gasteiger partial charge in [0, 0.05) is 30.6 Å². The topological polar surface area (TPSA) is 37.4 Å². The third-order valence-electron chi connectivity index (χ3n) is 3.91. The van der Waals surface area contributed by atoms with E-state index in [4.69, 9.17) is 9.72 Å². The molecule has 0 amide bonds.